The summed E-state index contributed by atoms with van der Waals surface area (Å²) in [6, 6.07) is 8.30. The summed E-state index contributed by atoms with van der Waals surface area (Å²) < 4.78 is 1.18. The Morgan fingerprint density at radius 3 is 2.69 bits per heavy atom. The molecule has 0 bridgehead atoms. The minimum atomic E-state index is 0.939. The van der Waals surface area contributed by atoms with Crippen molar-refractivity contribution in [2.24, 2.45) is 0 Å². The van der Waals surface area contributed by atoms with Crippen LogP contribution in [0.15, 0.2) is 28.7 Å². The molecule has 0 aliphatic heterocycles. The summed E-state index contributed by atoms with van der Waals surface area (Å²) in [5.74, 6) is 0. The van der Waals surface area contributed by atoms with Crippen molar-refractivity contribution in [3.63, 3.8) is 0 Å². The van der Waals surface area contributed by atoms with Crippen molar-refractivity contribution in [2.45, 2.75) is 13.0 Å². The van der Waals surface area contributed by atoms with E-state index in [1.54, 1.807) is 0 Å². The van der Waals surface area contributed by atoms with Crippen LogP contribution in [0.4, 0.5) is 0 Å². The Labute approximate surface area is 96.2 Å². The molecule has 0 aliphatic rings. The minimum absolute atomic E-state index is 0.939. The number of benzene rings is 1. The number of nitrogens with one attached hydrogen (secondary N) is 1. The highest BCUT2D eigenvalue weighted by Gasteiger charge is 1.96. The third-order valence-electron chi connectivity index (χ3n) is 1.76. The molecule has 1 nitrogen and oxygen atoms in total. The van der Waals surface area contributed by atoms with E-state index in [0.717, 1.165) is 18.4 Å². The van der Waals surface area contributed by atoms with Crippen LogP contribution in [0.2, 0.25) is 0 Å². The number of hydrogen-bond donors (Lipinski definition) is 1. The Morgan fingerprint density at radius 2 is 2.00 bits per heavy atom. The topological polar surface area (TPSA) is 12.0 Å². The Balaban J connectivity index is 2.32. The van der Waals surface area contributed by atoms with E-state index in [9.17, 15) is 0 Å². The molecule has 0 aliphatic carbocycles. The van der Waals surface area contributed by atoms with E-state index in [4.69, 9.17) is 0 Å². The lowest BCUT2D eigenvalue weighted by molar-refractivity contribution is 0.678. The largest absolute Gasteiger partial charge is 0.313 e. The quantitative estimate of drug-likeness (QED) is 0.650. The summed E-state index contributed by atoms with van der Waals surface area (Å²) in [5.41, 5.74) is 1.32. The lowest BCUT2D eigenvalue weighted by Gasteiger charge is -2.05. The molecule has 0 unspecified atom stereocenters. The normalized spacial score (nSPS) is 10.3. The van der Waals surface area contributed by atoms with Gasteiger partial charge < -0.3 is 5.32 Å². The molecule has 1 aromatic rings. The zero-order chi connectivity index (χ0) is 9.52. The smallest absolute Gasteiger partial charge is 0.0220 e. The van der Waals surface area contributed by atoms with Crippen LogP contribution in [0, 0.1) is 0 Å². The molecule has 0 heterocycles. The molecule has 3 heteroatoms. The van der Waals surface area contributed by atoms with E-state index in [2.05, 4.69) is 55.4 Å². The second-order valence-electron chi connectivity index (χ2n) is 2.81. The van der Waals surface area contributed by atoms with Crippen molar-refractivity contribution in [3.8, 4) is 0 Å². The van der Waals surface area contributed by atoms with Crippen LogP contribution in [0.1, 0.15) is 12.0 Å². The molecular weight excluding hydrogens is 294 g/mol. The Bertz CT molecular complexity index is 250. The standard InChI is InChI=1S/C10H13Br2N/c11-6-3-7-13-8-9-4-1-2-5-10(9)12/h1-2,4-5,13H,3,6-8H2. The summed E-state index contributed by atoms with van der Waals surface area (Å²) in [5, 5.41) is 4.45. The van der Waals surface area contributed by atoms with E-state index in [-0.39, 0.29) is 0 Å². The fourth-order valence-corrected chi connectivity index (χ4v) is 1.76. The lowest BCUT2D eigenvalue weighted by Crippen LogP contribution is -2.15. The van der Waals surface area contributed by atoms with Crippen LogP contribution in [0.25, 0.3) is 0 Å². The molecule has 0 radical (unpaired) electrons. The van der Waals surface area contributed by atoms with Gasteiger partial charge >= 0.3 is 0 Å². The number of hydrogen-bond acceptors (Lipinski definition) is 1. The molecule has 1 aromatic carbocycles. The minimum Gasteiger partial charge on any atom is -0.313 e. The molecule has 0 fully saturated rings. The van der Waals surface area contributed by atoms with Gasteiger partial charge in [0.25, 0.3) is 0 Å². The fraction of sp³-hybridized carbons (Fsp3) is 0.400. The number of halogens is 2. The van der Waals surface area contributed by atoms with E-state index in [0.29, 0.717) is 0 Å². The van der Waals surface area contributed by atoms with E-state index >= 15 is 0 Å². The van der Waals surface area contributed by atoms with Crippen LogP contribution in [-0.2, 0) is 6.54 Å². The summed E-state index contributed by atoms with van der Waals surface area (Å²) >= 11 is 6.92. The first-order valence-electron chi connectivity index (χ1n) is 4.34. The Morgan fingerprint density at radius 1 is 1.23 bits per heavy atom. The molecule has 0 aromatic heterocycles. The zero-order valence-corrected chi connectivity index (χ0v) is 10.6. The van der Waals surface area contributed by atoms with Gasteiger partial charge in [-0.3, -0.25) is 0 Å². The molecule has 1 rings (SSSR count). The zero-order valence-electron chi connectivity index (χ0n) is 7.39. The number of rotatable bonds is 5. The fourth-order valence-electron chi connectivity index (χ4n) is 1.06. The van der Waals surface area contributed by atoms with Gasteiger partial charge in [0, 0.05) is 16.3 Å². The van der Waals surface area contributed by atoms with Gasteiger partial charge in [0.1, 0.15) is 0 Å². The van der Waals surface area contributed by atoms with Gasteiger partial charge in [-0.15, -0.1) is 0 Å². The maximum absolute atomic E-state index is 3.52. The first kappa shape index (κ1) is 11.2. The van der Waals surface area contributed by atoms with Crippen LogP contribution in [0.5, 0.6) is 0 Å². The summed E-state index contributed by atoms with van der Waals surface area (Å²) in [7, 11) is 0. The molecule has 0 spiro atoms. The van der Waals surface area contributed by atoms with Crippen molar-refractivity contribution >= 4 is 31.9 Å². The molecule has 0 atom stereocenters. The molecule has 0 saturated heterocycles. The van der Waals surface area contributed by atoms with Gasteiger partial charge in [-0.05, 0) is 24.6 Å². The predicted octanol–water partition coefficient (Wildman–Crippen LogP) is 3.32. The van der Waals surface area contributed by atoms with Crippen molar-refractivity contribution in [1.82, 2.24) is 5.32 Å². The van der Waals surface area contributed by atoms with Crippen LogP contribution in [-0.4, -0.2) is 11.9 Å². The van der Waals surface area contributed by atoms with Crippen LogP contribution in [0.3, 0.4) is 0 Å². The third kappa shape index (κ3) is 4.25. The van der Waals surface area contributed by atoms with Gasteiger partial charge in [0.15, 0.2) is 0 Å². The second-order valence-corrected chi connectivity index (χ2v) is 4.46. The highest BCUT2D eigenvalue weighted by Crippen LogP contribution is 2.15. The maximum Gasteiger partial charge on any atom is 0.0220 e. The lowest BCUT2D eigenvalue weighted by atomic mass is 10.2. The van der Waals surface area contributed by atoms with Crippen LogP contribution >= 0.6 is 31.9 Å². The van der Waals surface area contributed by atoms with Gasteiger partial charge in [0.05, 0.1) is 0 Å². The average molecular weight is 307 g/mol. The first-order valence-corrected chi connectivity index (χ1v) is 6.26. The molecular formula is C10H13Br2N. The van der Waals surface area contributed by atoms with E-state index in [1.165, 1.54) is 16.5 Å². The maximum atomic E-state index is 3.52. The van der Waals surface area contributed by atoms with Gasteiger partial charge in [-0.25, -0.2) is 0 Å². The highest BCUT2D eigenvalue weighted by molar-refractivity contribution is 9.10. The molecule has 0 saturated carbocycles. The summed E-state index contributed by atoms with van der Waals surface area (Å²) in [6.07, 6.45) is 1.17. The average Bonchev–Trinajstić information content (AvgIpc) is 2.15. The molecule has 1 N–H and O–H groups in total. The first-order chi connectivity index (χ1) is 6.34. The van der Waals surface area contributed by atoms with Gasteiger partial charge in [-0.2, -0.15) is 0 Å². The van der Waals surface area contributed by atoms with E-state index in [1.807, 2.05) is 6.07 Å². The van der Waals surface area contributed by atoms with Crippen molar-refractivity contribution < 1.29 is 0 Å². The van der Waals surface area contributed by atoms with Crippen LogP contribution < -0.4 is 5.32 Å². The van der Waals surface area contributed by atoms with E-state index < -0.39 is 0 Å². The monoisotopic (exact) mass is 305 g/mol. The van der Waals surface area contributed by atoms with Crippen molar-refractivity contribution in [1.29, 1.82) is 0 Å². The van der Waals surface area contributed by atoms with Crippen molar-refractivity contribution in [2.75, 3.05) is 11.9 Å². The molecule has 13 heavy (non-hydrogen) atoms. The van der Waals surface area contributed by atoms with Crippen molar-refractivity contribution in [3.05, 3.63) is 34.3 Å². The van der Waals surface area contributed by atoms with Gasteiger partial charge in [0.2, 0.25) is 0 Å². The molecule has 0 amide bonds. The Kier molecular flexibility index (Phi) is 5.67. The Hall–Kier alpha value is 0.140. The second kappa shape index (κ2) is 6.57. The SMILES string of the molecule is BrCCCNCc1ccccc1Br. The summed E-state index contributed by atoms with van der Waals surface area (Å²) in [4.78, 5) is 0. The molecule has 72 valence electrons. The third-order valence-corrected chi connectivity index (χ3v) is 3.09. The highest BCUT2D eigenvalue weighted by atomic mass is 79.9. The summed E-state index contributed by atoms with van der Waals surface area (Å²) in [6.45, 7) is 2.00. The van der Waals surface area contributed by atoms with Gasteiger partial charge in [-0.1, -0.05) is 50.1 Å². The predicted molar refractivity (Wildman–Crippen MR) is 64.3 cm³/mol. The number of alkyl halides is 1.